The number of rotatable bonds is 7. The summed E-state index contributed by atoms with van der Waals surface area (Å²) in [5.41, 5.74) is 1.30. The number of hydrogen-bond donors (Lipinski definition) is 1. The van der Waals surface area contributed by atoms with E-state index in [1.807, 2.05) is 20.2 Å². The van der Waals surface area contributed by atoms with Gasteiger partial charge < -0.3 is 14.8 Å². The minimum absolute atomic E-state index is 0.293. The van der Waals surface area contributed by atoms with Gasteiger partial charge in [0.15, 0.2) is 0 Å². The fourth-order valence-corrected chi connectivity index (χ4v) is 3.58. The van der Waals surface area contributed by atoms with Crippen LogP contribution in [0.5, 0.6) is 5.75 Å². The largest absolute Gasteiger partial charge is 0.497 e. The number of likely N-dealkylation sites (N-methyl/N-ethyl adjacent to an activating group) is 1. The van der Waals surface area contributed by atoms with Gasteiger partial charge in [0.25, 0.3) is 0 Å². The van der Waals surface area contributed by atoms with Gasteiger partial charge in [0.2, 0.25) is 0 Å². The molecular formula is C18H29NO2. The van der Waals surface area contributed by atoms with Crippen LogP contribution >= 0.6 is 0 Å². The molecule has 21 heavy (non-hydrogen) atoms. The number of benzene rings is 1. The maximum Gasteiger partial charge on any atom is 0.119 e. The van der Waals surface area contributed by atoms with Crippen LogP contribution in [0.2, 0.25) is 0 Å². The molecule has 0 aliphatic heterocycles. The Balaban J connectivity index is 2.05. The Morgan fingerprint density at radius 2 is 1.95 bits per heavy atom. The van der Waals surface area contributed by atoms with Gasteiger partial charge in [-0.25, -0.2) is 0 Å². The monoisotopic (exact) mass is 291 g/mol. The molecule has 0 bridgehead atoms. The van der Waals surface area contributed by atoms with Crippen LogP contribution in [-0.4, -0.2) is 33.4 Å². The van der Waals surface area contributed by atoms with Gasteiger partial charge in [-0.05, 0) is 49.9 Å². The second kappa shape index (κ2) is 8.40. The van der Waals surface area contributed by atoms with Crippen molar-refractivity contribution in [2.45, 2.75) is 50.7 Å². The van der Waals surface area contributed by atoms with Crippen molar-refractivity contribution < 1.29 is 9.47 Å². The summed E-state index contributed by atoms with van der Waals surface area (Å²) >= 11 is 0. The van der Waals surface area contributed by atoms with Crippen molar-refractivity contribution in [3.63, 3.8) is 0 Å². The molecule has 2 atom stereocenters. The Bertz CT molecular complexity index is 415. The molecule has 118 valence electrons. The van der Waals surface area contributed by atoms with Gasteiger partial charge in [-0.3, -0.25) is 0 Å². The Morgan fingerprint density at radius 3 is 2.57 bits per heavy atom. The van der Waals surface area contributed by atoms with E-state index in [2.05, 4.69) is 23.5 Å². The third kappa shape index (κ3) is 4.45. The second-order valence-corrected chi connectivity index (χ2v) is 6.05. The number of methoxy groups -OCH3 is 2. The Hall–Kier alpha value is -1.06. The highest BCUT2D eigenvalue weighted by Gasteiger charge is 2.29. The van der Waals surface area contributed by atoms with Gasteiger partial charge in [-0.1, -0.05) is 31.4 Å². The van der Waals surface area contributed by atoms with Crippen molar-refractivity contribution >= 4 is 0 Å². The second-order valence-electron chi connectivity index (χ2n) is 6.05. The molecular weight excluding hydrogens is 262 g/mol. The predicted molar refractivity (Wildman–Crippen MR) is 86.9 cm³/mol. The molecule has 1 fully saturated rings. The highest BCUT2D eigenvalue weighted by Crippen LogP contribution is 2.30. The van der Waals surface area contributed by atoms with E-state index in [0.29, 0.717) is 18.1 Å². The van der Waals surface area contributed by atoms with Crippen LogP contribution in [0.4, 0.5) is 0 Å². The van der Waals surface area contributed by atoms with E-state index in [4.69, 9.17) is 9.47 Å². The van der Waals surface area contributed by atoms with E-state index in [1.165, 1.54) is 37.7 Å². The van der Waals surface area contributed by atoms with Crippen molar-refractivity contribution in [3.8, 4) is 5.75 Å². The van der Waals surface area contributed by atoms with E-state index in [-0.39, 0.29) is 0 Å². The molecule has 1 aromatic carbocycles. The lowest BCUT2D eigenvalue weighted by Gasteiger charge is -2.35. The predicted octanol–water partition coefficient (Wildman–Crippen LogP) is 3.42. The van der Waals surface area contributed by atoms with Crippen LogP contribution in [0.1, 0.15) is 37.7 Å². The number of hydrogen-bond acceptors (Lipinski definition) is 3. The summed E-state index contributed by atoms with van der Waals surface area (Å²) in [5.74, 6) is 1.61. The third-order valence-electron chi connectivity index (χ3n) is 4.74. The molecule has 0 aromatic heterocycles. The molecule has 3 heteroatoms. The van der Waals surface area contributed by atoms with Crippen molar-refractivity contribution in [2.75, 3.05) is 21.3 Å². The smallest absolute Gasteiger partial charge is 0.119 e. The fourth-order valence-electron chi connectivity index (χ4n) is 3.58. The number of ether oxygens (including phenoxy) is 2. The molecule has 2 unspecified atom stereocenters. The van der Waals surface area contributed by atoms with Crippen LogP contribution in [0.25, 0.3) is 0 Å². The van der Waals surface area contributed by atoms with Crippen LogP contribution in [0, 0.1) is 5.92 Å². The maximum absolute atomic E-state index is 5.88. The standard InChI is InChI=1S/C18H29NO2/c1-19-17(13-14-8-7-11-16(12-14)20-2)18(21-3)15-9-5-4-6-10-15/h7-8,11-12,15,17-19H,4-6,9-10,13H2,1-3H3. The highest BCUT2D eigenvalue weighted by molar-refractivity contribution is 5.29. The summed E-state index contributed by atoms with van der Waals surface area (Å²) in [6.07, 6.45) is 7.95. The van der Waals surface area contributed by atoms with Crippen molar-refractivity contribution in [1.82, 2.24) is 5.32 Å². The Kier molecular flexibility index (Phi) is 6.52. The molecule has 0 spiro atoms. The van der Waals surface area contributed by atoms with Gasteiger partial charge >= 0.3 is 0 Å². The minimum atomic E-state index is 0.293. The highest BCUT2D eigenvalue weighted by atomic mass is 16.5. The van der Waals surface area contributed by atoms with Gasteiger partial charge in [0.05, 0.1) is 13.2 Å². The van der Waals surface area contributed by atoms with Crippen LogP contribution in [-0.2, 0) is 11.2 Å². The third-order valence-corrected chi connectivity index (χ3v) is 4.74. The average molecular weight is 291 g/mol. The lowest BCUT2D eigenvalue weighted by molar-refractivity contribution is 0.0101. The molecule has 0 saturated heterocycles. The van der Waals surface area contributed by atoms with Crippen molar-refractivity contribution in [1.29, 1.82) is 0 Å². The summed E-state index contributed by atoms with van der Waals surface area (Å²) in [4.78, 5) is 0. The lowest BCUT2D eigenvalue weighted by Crippen LogP contribution is -2.45. The molecule has 1 aliphatic carbocycles. The van der Waals surface area contributed by atoms with Crippen molar-refractivity contribution in [2.24, 2.45) is 5.92 Å². The Labute approximate surface area is 129 Å². The first-order valence-electron chi connectivity index (χ1n) is 8.11. The molecule has 0 heterocycles. The quantitative estimate of drug-likeness (QED) is 0.835. The van der Waals surface area contributed by atoms with E-state index < -0.39 is 0 Å². The molecule has 1 N–H and O–H groups in total. The first-order valence-corrected chi connectivity index (χ1v) is 8.11. The molecule has 1 aliphatic rings. The SMILES string of the molecule is CNC(Cc1cccc(OC)c1)C(OC)C1CCCCC1. The summed E-state index contributed by atoms with van der Waals surface area (Å²) in [6.45, 7) is 0. The van der Waals surface area contributed by atoms with E-state index in [0.717, 1.165) is 12.2 Å². The molecule has 1 saturated carbocycles. The minimum Gasteiger partial charge on any atom is -0.497 e. The van der Waals surface area contributed by atoms with Crippen LogP contribution in [0.15, 0.2) is 24.3 Å². The first-order chi connectivity index (χ1) is 10.3. The summed E-state index contributed by atoms with van der Waals surface area (Å²) in [6, 6.07) is 8.69. The zero-order valence-corrected chi connectivity index (χ0v) is 13.6. The molecule has 0 radical (unpaired) electrons. The number of nitrogens with one attached hydrogen (secondary N) is 1. The summed E-state index contributed by atoms with van der Waals surface area (Å²) in [7, 11) is 5.61. The van der Waals surface area contributed by atoms with Crippen LogP contribution in [0.3, 0.4) is 0 Å². The zero-order chi connectivity index (χ0) is 15.1. The lowest BCUT2D eigenvalue weighted by atomic mass is 9.81. The summed E-state index contributed by atoms with van der Waals surface area (Å²) < 4.78 is 11.2. The van der Waals surface area contributed by atoms with Crippen LogP contribution < -0.4 is 10.1 Å². The fraction of sp³-hybridized carbons (Fsp3) is 0.667. The topological polar surface area (TPSA) is 30.5 Å². The average Bonchev–Trinajstić information content (AvgIpc) is 2.55. The van der Waals surface area contributed by atoms with E-state index in [9.17, 15) is 0 Å². The van der Waals surface area contributed by atoms with Gasteiger partial charge in [-0.2, -0.15) is 0 Å². The van der Waals surface area contributed by atoms with Gasteiger partial charge in [0, 0.05) is 13.2 Å². The maximum atomic E-state index is 5.88. The van der Waals surface area contributed by atoms with Gasteiger partial charge in [0.1, 0.15) is 5.75 Å². The zero-order valence-electron chi connectivity index (χ0n) is 13.6. The normalized spacial score (nSPS) is 19.2. The molecule has 1 aromatic rings. The van der Waals surface area contributed by atoms with E-state index in [1.54, 1.807) is 7.11 Å². The first kappa shape index (κ1) is 16.3. The van der Waals surface area contributed by atoms with Gasteiger partial charge in [-0.15, -0.1) is 0 Å². The molecule has 3 nitrogen and oxygen atoms in total. The molecule has 2 rings (SSSR count). The van der Waals surface area contributed by atoms with Crippen molar-refractivity contribution in [3.05, 3.63) is 29.8 Å². The van der Waals surface area contributed by atoms with E-state index >= 15 is 0 Å². The Morgan fingerprint density at radius 1 is 1.19 bits per heavy atom. The molecule has 0 amide bonds. The summed E-state index contributed by atoms with van der Waals surface area (Å²) in [5, 5.41) is 3.47.